The molecule has 1 N–H and O–H groups in total. The van der Waals surface area contributed by atoms with E-state index in [9.17, 15) is 0 Å². The molecule has 0 atom stereocenters. The molecule has 3 aromatic rings. The van der Waals surface area contributed by atoms with Crippen LogP contribution in [0.5, 0.6) is 5.75 Å². The zero-order valence-electron chi connectivity index (χ0n) is 15.0. The molecule has 0 saturated heterocycles. The SMILES string of the molecule is COCc1ccccc1C#CCCNc1ncnc2c(OC)cccc12. The molecule has 26 heavy (non-hydrogen) atoms. The van der Waals surface area contributed by atoms with Crippen LogP contribution in [0, 0.1) is 11.8 Å². The Bertz CT molecular complexity index is 945. The minimum atomic E-state index is 0.567. The molecule has 0 amide bonds. The number of fused-ring (bicyclic) bond motifs is 1. The van der Waals surface area contributed by atoms with Gasteiger partial charge in [-0.15, -0.1) is 0 Å². The molecule has 1 aromatic heterocycles. The highest BCUT2D eigenvalue weighted by Crippen LogP contribution is 2.26. The average Bonchev–Trinajstić information content (AvgIpc) is 2.68. The van der Waals surface area contributed by atoms with Gasteiger partial charge in [0.25, 0.3) is 0 Å². The molecule has 0 bridgehead atoms. The first kappa shape index (κ1) is 17.7. The Morgan fingerprint density at radius 2 is 1.92 bits per heavy atom. The van der Waals surface area contributed by atoms with E-state index >= 15 is 0 Å². The summed E-state index contributed by atoms with van der Waals surface area (Å²) in [5.41, 5.74) is 2.91. The molecule has 132 valence electrons. The van der Waals surface area contributed by atoms with Crippen LogP contribution in [0.15, 0.2) is 48.8 Å². The van der Waals surface area contributed by atoms with Gasteiger partial charge in [0.05, 0.1) is 13.7 Å². The van der Waals surface area contributed by atoms with Gasteiger partial charge in [-0.3, -0.25) is 0 Å². The maximum atomic E-state index is 5.35. The van der Waals surface area contributed by atoms with Crippen LogP contribution in [0.25, 0.3) is 10.9 Å². The average molecular weight is 347 g/mol. The highest BCUT2D eigenvalue weighted by molar-refractivity contribution is 5.92. The van der Waals surface area contributed by atoms with E-state index in [0.29, 0.717) is 19.6 Å². The molecule has 0 radical (unpaired) electrons. The predicted molar refractivity (Wildman–Crippen MR) is 103 cm³/mol. The van der Waals surface area contributed by atoms with Gasteiger partial charge in [0, 0.05) is 31.0 Å². The molecule has 3 rings (SSSR count). The Balaban J connectivity index is 1.66. The summed E-state index contributed by atoms with van der Waals surface area (Å²) in [4.78, 5) is 8.64. The smallest absolute Gasteiger partial charge is 0.145 e. The van der Waals surface area contributed by atoms with Gasteiger partial charge >= 0.3 is 0 Å². The van der Waals surface area contributed by atoms with Crippen LogP contribution in [0.4, 0.5) is 5.82 Å². The Hall–Kier alpha value is -3.10. The Labute approximate surface area is 153 Å². The number of aromatic nitrogens is 2. The van der Waals surface area contributed by atoms with E-state index in [-0.39, 0.29) is 0 Å². The number of rotatable bonds is 6. The van der Waals surface area contributed by atoms with E-state index in [4.69, 9.17) is 9.47 Å². The molecule has 5 heteroatoms. The van der Waals surface area contributed by atoms with Crippen molar-refractivity contribution in [2.75, 3.05) is 26.1 Å². The number of anilines is 1. The number of methoxy groups -OCH3 is 2. The molecule has 0 aliphatic heterocycles. The zero-order chi connectivity index (χ0) is 18.2. The van der Waals surface area contributed by atoms with Gasteiger partial charge < -0.3 is 14.8 Å². The molecular weight excluding hydrogens is 326 g/mol. The molecule has 0 aliphatic rings. The minimum absolute atomic E-state index is 0.567. The van der Waals surface area contributed by atoms with Gasteiger partial charge in [0.1, 0.15) is 23.4 Å². The van der Waals surface area contributed by atoms with E-state index < -0.39 is 0 Å². The third-order valence-corrected chi connectivity index (χ3v) is 3.93. The number of para-hydroxylation sites is 1. The fourth-order valence-corrected chi connectivity index (χ4v) is 2.69. The number of ether oxygens (including phenoxy) is 2. The lowest BCUT2D eigenvalue weighted by Crippen LogP contribution is -2.04. The van der Waals surface area contributed by atoms with Crippen molar-refractivity contribution in [3.63, 3.8) is 0 Å². The first-order chi connectivity index (χ1) is 12.8. The first-order valence-corrected chi connectivity index (χ1v) is 8.40. The Morgan fingerprint density at radius 3 is 2.77 bits per heavy atom. The zero-order valence-corrected chi connectivity index (χ0v) is 15.0. The number of hydrogen-bond acceptors (Lipinski definition) is 5. The third kappa shape index (κ3) is 4.11. The second-order valence-corrected chi connectivity index (χ2v) is 5.65. The van der Waals surface area contributed by atoms with E-state index in [2.05, 4.69) is 27.1 Å². The summed E-state index contributed by atoms with van der Waals surface area (Å²) >= 11 is 0. The maximum absolute atomic E-state index is 5.35. The number of benzene rings is 2. The van der Waals surface area contributed by atoms with Crippen molar-refractivity contribution in [3.05, 3.63) is 59.9 Å². The number of nitrogens with one attached hydrogen (secondary N) is 1. The van der Waals surface area contributed by atoms with Gasteiger partial charge in [0.2, 0.25) is 0 Å². The Kier molecular flexibility index (Phi) is 6.02. The fourth-order valence-electron chi connectivity index (χ4n) is 2.69. The van der Waals surface area contributed by atoms with Crippen LogP contribution in [-0.2, 0) is 11.3 Å². The van der Waals surface area contributed by atoms with Crippen LogP contribution < -0.4 is 10.1 Å². The fraction of sp³-hybridized carbons (Fsp3) is 0.238. The quantitative estimate of drug-likeness (QED) is 0.545. The molecule has 2 aromatic carbocycles. The summed E-state index contributed by atoms with van der Waals surface area (Å²) in [6, 6.07) is 13.8. The lowest BCUT2D eigenvalue weighted by molar-refractivity contribution is 0.184. The molecule has 0 aliphatic carbocycles. The van der Waals surface area contributed by atoms with Gasteiger partial charge in [-0.05, 0) is 23.8 Å². The molecular formula is C21H21N3O2. The summed E-state index contributed by atoms with van der Waals surface area (Å²) in [5.74, 6) is 7.95. The van der Waals surface area contributed by atoms with Crippen molar-refractivity contribution in [2.24, 2.45) is 0 Å². The van der Waals surface area contributed by atoms with Crippen LogP contribution in [-0.4, -0.2) is 30.7 Å². The highest BCUT2D eigenvalue weighted by Gasteiger charge is 2.07. The van der Waals surface area contributed by atoms with E-state index in [1.165, 1.54) is 0 Å². The topological polar surface area (TPSA) is 56.3 Å². The largest absolute Gasteiger partial charge is 0.494 e. The summed E-state index contributed by atoms with van der Waals surface area (Å²) in [6.07, 6.45) is 2.25. The molecule has 0 saturated carbocycles. The highest BCUT2D eigenvalue weighted by atomic mass is 16.5. The molecule has 0 unspecified atom stereocenters. The van der Waals surface area contributed by atoms with Gasteiger partial charge in [-0.1, -0.05) is 36.1 Å². The van der Waals surface area contributed by atoms with Crippen molar-refractivity contribution < 1.29 is 9.47 Å². The predicted octanol–water partition coefficient (Wildman–Crippen LogP) is 3.64. The molecule has 0 spiro atoms. The molecule has 1 heterocycles. The lowest BCUT2D eigenvalue weighted by Gasteiger charge is -2.09. The van der Waals surface area contributed by atoms with E-state index in [0.717, 1.165) is 33.6 Å². The van der Waals surface area contributed by atoms with Gasteiger partial charge in [-0.25, -0.2) is 9.97 Å². The third-order valence-electron chi connectivity index (χ3n) is 3.93. The van der Waals surface area contributed by atoms with Crippen LogP contribution in [0.1, 0.15) is 17.5 Å². The second kappa shape index (κ2) is 8.84. The summed E-state index contributed by atoms with van der Waals surface area (Å²) in [5, 5.41) is 4.27. The van der Waals surface area contributed by atoms with Gasteiger partial charge in [0.15, 0.2) is 0 Å². The molecule has 0 fully saturated rings. The van der Waals surface area contributed by atoms with Crippen molar-refractivity contribution in [1.82, 2.24) is 9.97 Å². The first-order valence-electron chi connectivity index (χ1n) is 8.40. The Morgan fingerprint density at radius 1 is 1.04 bits per heavy atom. The van der Waals surface area contributed by atoms with Crippen molar-refractivity contribution in [3.8, 4) is 17.6 Å². The summed E-state index contributed by atoms with van der Waals surface area (Å²) in [6.45, 7) is 1.26. The van der Waals surface area contributed by atoms with E-state index in [1.807, 2.05) is 42.5 Å². The van der Waals surface area contributed by atoms with Crippen molar-refractivity contribution in [1.29, 1.82) is 0 Å². The minimum Gasteiger partial charge on any atom is -0.494 e. The second-order valence-electron chi connectivity index (χ2n) is 5.65. The van der Waals surface area contributed by atoms with Crippen LogP contribution in [0.3, 0.4) is 0 Å². The summed E-state index contributed by atoms with van der Waals surface area (Å²) < 4.78 is 10.6. The van der Waals surface area contributed by atoms with Crippen molar-refractivity contribution in [2.45, 2.75) is 13.0 Å². The number of hydrogen-bond donors (Lipinski definition) is 1. The van der Waals surface area contributed by atoms with Gasteiger partial charge in [-0.2, -0.15) is 0 Å². The monoisotopic (exact) mass is 347 g/mol. The van der Waals surface area contributed by atoms with E-state index in [1.54, 1.807) is 20.5 Å². The van der Waals surface area contributed by atoms with Crippen LogP contribution in [0.2, 0.25) is 0 Å². The number of nitrogens with zero attached hydrogens (tertiary/aromatic N) is 2. The normalized spacial score (nSPS) is 10.2. The van der Waals surface area contributed by atoms with Crippen LogP contribution >= 0.6 is 0 Å². The summed E-state index contributed by atoms with van der Waals surface area (Å²) in [7, 11) is 3.33. The maximum Gasteiger partial charge on any atom is 0.145 e. The lowest BCUT2D eigenvalue weighted by atomic mass is 10.1. The molecule has 5 nitrogen and oxygen atoms in total. The standard InChI is InChI=1S/C21H21N3O2/c1-25-14-17-10-4-3-8-16(17)9-5-6-13-22-21-18-11-7-12-19(26-2)20(18)23-15-24-21/h3-4,7-8,10-12,15H,6,13-14H2,1-2H3,(H,22,23,24). The van der Waals surface area contributed by atoms with Crippen molar-refractivity contribution >= 4 is 16.7 Å².